The van der Waals surface area contributed by atoms with E-state index >= 15 is 0 Å². The van der Waals surface area contributed by atoms with E-state index in [2.05, 4.69) is 13.0 Å². The molecule has 3 heteroatoms. The summed E-state index contributed by atoms with van der Waals surface area (Å²) in [4.78, 5) is 0. The quantitative estimate of drug-likeness (QED) is 0.870. The van der Waals surface area contributed by atoms with Gasteiger partial charge in [0.25, 0.3) is 0 Å². The molecule has 112 valence electrons. The highest BCUT2D eigenvalue weighted by atomic mass is 16.5. The summed E-state index contributed by atoms with van der Waals surface area (Å²) in [6, 6.07) is 14.1. The lowest BCUT2D eigenvalue weighted by Gasteiger charge is -2.13. The standard InChI is InChI=1S/C18H23NO2/c1-4-15(19)11-14-6-5-7-16(12-14)21-17-9-8-13(2)10-18(17)20-3/h5-10,12,15H,4,11,19H2,1-3H3. The first-order valence-electron chi connectivity index (χ1n) is 7.29. The topological polar surface area (TPSA) is 44.5 Å². The molecule has 2 aromatic carbocycles. The van der Waals surface area contributed by atoms with E-state index in [1.807, 2.05) is 43.3 Å². The highest BCUT2D eigenvalue weighted by Gasteiger charge is 2.07. The first kappa shape index (κ1) is 15.4. The molecule has 2 rings (SSSR count). The van der Waals surface area contributed by atoms with Crippen molar-refractivity contribution >= 4 is 0 Å². The summed E-state index contributed by atoms with van der Waals surface area (Å²) < 4.78 is 11.3. The molecule has 2 N–H and O–H groups in total. The van der Waals surface area contributed by atoms with E-state index < -0.39 is 0 Å². The number of rotatable bonds is 6. The van der Waals surface area contributed by atoms with E-state index in [1.165, 1.54) is 5.56 Å². The molecule has 0 saturated carbocycles. The molecule has 21 heavy (non-hydrogen) atoms. The summed E-state index contributed by atoms with van der Waals surface area (Å²) in [5, 5.41) is 0. The largest absolute Gasteiger partial charge is 0.493 e. The average Bonchev–Trinajstić information content (AvgIpc) is 2.49. The minimum atomic E-state index is 0.189. The number of nitrogens with two attached hydrogens (primary N) is 1. The summed E-state index contributed by atoms with van der Waals surface area (Å²) in [5.74, 6) is 2.27. The fourth-order valence-electron chi connectivity index (χ4n) is 2.17. The molecule has 0 heterocycles. The summed E-state index contributed by atoms with van der Waals surface area (Å²) in [7, 11) is 1.65. The molecular weight excluding hydrogens is 262 g/mol. The van der Waals surface area contributed by atoms with Crippen molar-refractivity contribution in [2.45, 2.75) is 32.7 Å². The maximum Gasteiger partial charge on any atom is 0.169 e. The second-order valence-corrected chi connectivity index (χ2v) is 5.28. The van der Waals surface area contributed by atoms with Crippen molar-refractivity contribution in [3.63, 3.8) is 0 Å². The normalized spacial score (nSPS) is 12.0. The number of hydrogen-bond acceptors (Lipinski definition) is 3. The predicted molar refractivity (Wildman–Crippen MR) is 86.2 cm³/mol. The van der Waals surface area contributed by atoms with Gasteiger partial charge >= 0.3 is 0 Å². The Morgan fingerprint density at radius 2 is 1.90 bits per heavy atom. The molecule has 1 unspecified atom stereocenters. The molecule has 2 aromatic rings. The van der Waals surface area contributed by atoms with Gasteiger partial charge in [0.1, 0.15) is 5.75 Å². The minimum absolute atomic E-state index is 0.189. The fraction of sp³-hybridized carbons (Fsp3) is 0.333. The van der Waals surface area contributed by atoms with E-state index in [0.717, 1.165) is 35.7 Å². The molecule has 0 aliphatic heterocycles. The van der Waals surface area contributed by atoms with Crippen LogP contribution in [0.25, 0.3) is 0 Å². The van der Waals surface area contributed by atoms with E-state index in [0.29, 0.717) is 0 Å². The second kappa shape index (κ2) is 7.14. The second-order valence-electron chi connectivity index (χ2n) is 5.28. The van der Waals surface area contributed by atoms with Crippen molar-refractivity contribution < 1.29 is 9.47 Å². The number of hydrogen-bond donors (Lipinski definition) is 1. The molecule has 0 aliphatic rings. The molecule has 1 atom stereocenters. The molecule has 0 amide bonds. The van der Waals surface area contributed by atoms with Crippen LogP contribution in [0.15, 0.2) is 42.5 Å². The average molecular weight is 285 g/mol. The van der Waals surface area contributed by atoms with Crippen LogP contribution in [0, 0.1) is 6.92 Å². The van der Waals surface area contributed by atoms with Gasteiger partial charge in [-0.3, -0.25) is 0 Å². The Morgan fingerprint density at radius 1 is 1.10 bits per heavy atom. The Bertz CT molecular complexity index is 596. The van der Waals surface area contributed by atoms with Crippen molar-refractivity contribution in [2.24, 2.45) is 5.73 Å². The van der Waals surface area contributed by atoms with Crippen LogP contribution in [0.5, 0.6) is 17.2 Å². The summed E-state index contributed by atoms with van der Waals surface area (Å²) in [5.41, 5.74) is 8.34. The Hall–Kier alpha value is -2.00. The molecule has 0 saturated heterocycles. The van der Waals surface area contributed by atoms with Gasteiger partial charge in [0.05, 0.1) is 7.11 Å². The number of ether oxygens (including phenoxy) is 2. The van der Waals surface area contributed by atoms with Crippen LogP contribution in [-0.4, -0.2) is 13.2 Å². The van der Waals surface area contributed by atoms with Gasteiger partial charge in [-0.15, -0.1) is 0 Å². The third kappa shape index (κ3) is 4.23. The smallest absolute Gasteiger partial charge is 0.169 e. The zero-order valence-corrected chi connectivity index (χ0v) is 12.9. The number of aryl methyl sites for hydroxylation is 1. The van der Waals surface area contributed by atoms with E-state index in [1.54, 1.807) is 7.11 Å². The van der Waals surface area contributed by atoms with Gasteiger partial charge in [0.15, 0.2) is 11.5 Å². The first-order chi connectivity index (χ1) is 10.1. The maximum atomic E-state index is 6.01. The highest BCUT2D eigenvalue weighted by Crippen LogP contribution is 2.32. The summed E-state index contributed by atoms with van der Waals surface area (Å²) >= 11 is 0. The van der Waals surface area contributed by atoms with E-state index in [-0.39, 0.29) is 6.04 Å². The molecule has 0 radical (unpaired) electrons. The fourth-order valence-corrected chi connectivity index (χ4v) is 2.17. The SMILES string of the molecule is CCC(N)Cc1cccc(Oc2ccc(C)cc2OC)c1. The lowest BCUT2D eigenvalue weighted by Crippen LogP contribution is -2.21. The van der Waals surface area contributed by atoms with Gasteiger partial charge in [-0.05, 0) is 55.2 Å². The first-order valence-corrected chi connectivity index (χ1v) is 7.29. The molecule has 0 bridgehead atoms. The Morgan fingerprint density at radius 3 is 2.62 bits per heavy atom. The Labute approximate surface area is 126 Å². The number of benzene rings is 2. The van der Waals surface area contributed by atoms with Crippen LogP contribution in [0.2, 0.25) is 0 Å². The summed E-state index contributed by atoms with van der Waals surface area (Å²) in [6.45, 7) is 4.13. The van der Waals surface area contributed by atoms with Crippen LogP contribution in [0.1, 0.15) is 24.5 Å². The van der Waals surface area contributed by atoms with Gasteiger partial charge in [0, 0.05) is 6.04 Å². The lowest BCUT2D eigenvalue weighted by molar-refractivity contribution is 0.378. The van der Waals surface area contributed by atoms with Crippen molar-refractivity contribution in [1.82, 2.24) is 0 Å². The lowest BCUT2D eigenvalue weighted by atomic mass is 10.0. The molecule has 0 fully saturated rings. The highest BCUT2D eigenvalue weighted by molar-refractivity contribution is 5.45. The summed E-state index contributed by atoms with van der Waals surface area (Å²) in [6.07, 6.45) is 1.83. The molecule has 0 aromatic heterocycles. The van der Waals surface area contributed by atoms with Gasteiger partial charge in [0.2, 0.25) is 0 Å². The van der Waals surface area contributed by atoms with Crippen molar-refractivity contribution in [3.8, 4) is 17.2 Å². The molecular formula is C18H23NO2. The van der Waals surface area contributed by atoms with E-state index in [4.69, 9.17) is 15.2 Å². The van der Waals surface area contributed by atoms with Gasteiger partial charge < -0.3 is 15.2 Å². The predicted octanol–water partition coefficient (Wildman–Crippen LogP) is 4.08. The van der Waals surface area contributed by atoms with Crippen molar-refractivity contribution in [1.29, 1.82) is 0 Å². The Kier molecular flexibility index (Phi) is 5.23. The Balaban J connectivity index is 2.18. The van der Waals surface area contributed by atoms with Crippen molar-refractivity contribution in [3.05, 3.63) is 53.6 Å². The molecule has 3 nitrogen and oxygen atoms in total. The van der Waals surface area contributed by atoms with Gasteiger partial charge in [-0.1, -0.05) is 25.1 Å². The van der Waals surface area contributed by atoms with Crippen LogP contribution in [0.3, 0.4) is 0 Å². The van der Waals surface area contributed by atoms with Crippen LogP contribution < -0.4 is 15.2 Å². The monoisotopic (exact) mass is 285 g/mol. The third-order valence-electron chi connectivity index (χ3n) is 3.47. The zero-order chi connectivity index (χ0) is 15.2. The van der Waals surface area contributed by atoms with Gasteiger partial charge in [-0.25, -0.2) is 0 Å². The minimum Gasteiger partial charge on any atom is -0.493 e. The molecule has 0 aliphatic carbocycles. The van der Waals surface area contributed by atoms with Crippen LogP contribution >= 0.6 is 0 Å². The van der Waals surface area contributed by atoms with Gasteiger partial charge in [-0.2, -0.15) is 0 Å². The van der Waals surface area contributed by atoms with Crippen molar-refractivity contribution in [2.75, 3.05) is 7.11 Å². The van der Waals surface area contributed by atoms with Crippen LogP contribution in [0.4, 0.5) is 0 Å². The third-order valence-corrected chi connectivity index (χ3v) is 3.47. The van der Waals surface area contributed by atoms with E-state index in [9.17, 15) is 0 Å². The zero-order valence-electron chi connectivity index (χ0n) is 12.9. The maximum absolute atomic E-state index is 6.01. The van der Waals surface area contributed by atoms with Crippen LogP contribution in [-0.2, 0) is 6.42 Å². The number of methoxy groups -OCH3 is 1. The molecule has 0 spiro atoms.